The summed E-state index contributed by atoms with van der Waals surface area (Å²) in [6, 6.07) is 9.45. The van der Waals surface area contributed by atoms with Crippen molar-refractivity contribution in [2.75, 3.05) is 19.6 Å². The lowest BCUT2D eigenvalue weighted by Gasteiger charge is -2.23. The molecule has 1 saturated heterocycles. The molecule has 0 aromatic heterocycles. The second kappa shape index (κ2) is 6.18. The van der Waals surface area contributed by atoms with Crippen LogP contribution in [-0.4, -0.2) is 30.6 Å². The van der Waals surface area contributed by atoms with Crippen molar-refractivity contribution >= 4 is 0 Å². The minimum atomic E-state index is 0.669. The van der Waals surface area contributed by atoms with E-state index in [2.05, 4.69) is 48.3 Å². The van der Waals surface area contributed by atoms with Crippen molar-refractivity contribution < 1.29 is 0 Å². The van der Waals surface area contributed by atoms with E-state index in [-0.39, 0.29) is 0 Å². The van der Waals surface area contributed by atoms with Crippen molar-refractivity contribution in [3.63, 3.8) is 0 Å². The molecular formula is C15H24N2. The summed E-state index contributed by atoms with van der Waals surface area (Å²) >= 11 is 0. The zero-order valence-electron chi connectivity index (χ0n) is 11.1. The van der Waals surface area contributed by atoms with Crippen LogP contribution >= 0.6 is 0 Å². The monoisotopic (exact) mass is 232 g/mol. The minimum Gasteiger partial charge on any atom is -0.311 e. The number of rotatable bonds is 5. The maximum absolute atomic E-state index is 3.56. The first-order chi connectivity index (χ1) is 8.25. The summed E-state index contributed by atoms with van der Waals surface area (Å²) < 4.78 is 0. The van der Waals surface area contributed by atoms with E-state index in [0.717, 1.165) is 13.1 Å². The smallest absolute Gasteiger partial charge is 0.0206 e. The van der Waals surface area contributed by atoms with Crippen molar-refractivity contribution in [3.8, 4) is 0 Å². The summed E-state index contributed by atoms with van der Waals surface area (Å²) in [5.74, 6) is 0. The van der Waals surface area contributed by atoms with Gasteiger partial charge < -0.3 is 5.32 Å². The summed E-state index contributed by atoms with van der Waals surface area (Å²) in [5.41, 5.74) is 2.71. The molecule has 0 saturated carbocycles. The van der Waals surface area contributed by atoms with Gasteiger partial charge in [-0.3, -0.25) is 4.90 Å². The van der Waals surface area contributed by atoms with Gasteiger partial charge in [0.2, 0.25) is 0 Å². The lowest BCUT2D eigenvalue weighted by atomic mass is 10.1. The number of hydrogen-bond acceptors (Lipinski definition) is 2. The van der Waals surface area contributed by atoms with Crippen LogP contribution in [0.15, 0.2) is 24.3 Å². The molecule has 1 unspecified atom stereocenters. The van der Waals surface area contributed by atoms with E-state index in [1.165, 1.54) is 37.1 Å². The molecule has 94 valence electrons. The van der Waals surface area contributed by atoms with Crippen LogP contribution in [0.25, 0.3) is 0 Å². The third-order valence-corrected chi connectivity index (χ3v) is 3.65. The SMILES string of the molecule is Cc1ccc(CNCC(C)N2CCCC2)cc1. The largest absolute Gasteiger partial charge is 0.311 e. The van der Waals surface area contributed by atoms with Gasteiger partial charge in [0.15, 0.2) is 0 Å². The lowest BCUT2D eigenvalue weighted by molar-refractivity contribution is 0.251. The normalized spacial score (nSPS) is 18.5. The first-order valence-corrected chi connectivity index (χ1v) is 6.76. The average Bonchev–Trinajstić information content (AvgIpc) is 2.85. The molecule has 1 aliphatic rings. The Kier molecular flexibility index (Phi) is 4.57. The van der Waals surface area contributed by atoms with Crippen molar-refractivity contribution in [2.45, 2.75) is 39.3 Å². The number of aryl methyl sites for hydroxylation is 1. The van der Waals surface area contributed by atoms with Gasteiger partial charge in [0.25, 0.3) is 0 Å². The molecule has 0 radical (unpaired) electrons. The first-order valence-electron chi connectivity index (χ1n) is 6.76. The fraction of sp³-hybridized carbons (Fsp3) is 0.600. The number of nitrogens with zero attached hydrogens (tertiary/aromatic N) is 1. The molecule has 2 rings (SSSR count). The number of hydrogen-bond donors (Lipinski definition) is 1. The van der Waals surface area contributed by atoms with Gasteiger partial charge in [0.05, 0.1) is 0 Å². The highest BCUT2D eigenvalue weighted by Gasteiger charge is 2.17. The van der Waals surface area contributed by atoms with Crippen LogP contribution in [0, 0.1) is 6.92 Å². The molecule has 2 nitrogen and oxygen atoms in total. The van der Waals surface area contributed by atoms with E-state index in [4.69, 9.17) is 0 Å². The Balaban J connectivity index is 1.70. The van der Waals surface area contributed by atoms with E-state index in [9.17, 15) is 0 Å². The molecule has 1 atom stereocenters. The van der Waals surface area contributed by atoms with Crippen molar-refractivity contribution in [3.05, 3.63) is 35.4 Å². The predicted molar refractivity (Wildman–Crippen MR) is 73.2 cm³/mol. The molecule has 1 heterocycles. The van der Waals surface area contributed by atoms with Crippen molar-refractivity contribution in [2.24, 2.45) is 0 Å². The van der Waals surface area contributed by atoms with Crippen LogP contribution in [0.1, 0.15) is 30.9 Å². The highest BCUT2D eigenvalue weighted by atomic mass is 15.2. The Morgan fingerprint density at radius 1 is 1.18 bits per heavy atom. The Labute approximate surface area is 105 Å². The molecule has 1 aliphatic heterocycles. The van der Waals surface area contributed by atoms with Gasteiger partial charge in [-0.25, -0.2) is 0 Å². The maximum Gasteiger partial charge on any atom is 0.0206 e. The third kappa shape index (κ3) is 3.83. The Hall–Kier alpha value is -0.860. The molecule has 1 fully saturated rings. The van der Waals surface area contributed by atoms with Crippen molar-refractivity contribution in [1.82, 2.24) is 10.2 Å². The van der Waals surface area contributed by atoms with Gasteiger partial charge in [-0.15, -0.1) is 0 Å². The van der Waals surface area contributed by atoms with E-state index in [1.807, 2.05) is 0 Å². The highest BCUT2D eigenvalue weighted by molar-refractivity contribution is 5.21. The fourth-order valence-corrected chi connectivity index (χ4v) is 2.44. The fourth-order valence-electron chi connectivity index (χ4n) is 2.44. The Morgan fingerprint density at radius 3 is 2.47 bits per heavy atom. The van der Waals surface area contributed by atoms with E-state index < -0.39 is 0 Å². The van der Waals surface area contributed by atoms with Crippen LogP contribution in [0.5, 0.6) is 0 Å². The molecule has 1 N–H and O–H groups in total. The van der Waals surface area contributed by atoms with E-state index >= 15 is 0 Å². The molecule has 1 aromatic rings. The summed E-state index contributed by atoms with van der Waals surface area (Å²) in [6.45, 7) is 9.10. The summed E-state index contributed by atoms with van der Waals surface area (Å²) in [5, 5.41) is 3.56. The van der Waals surface area contributed by atoms with Crippen LogP contribution in [-0.2, 0) is 6.54 Å². The summed E-state index contributed by atoms with van der Waals surface area (Å²) in [4.78, 5) is 2.59. The zero-order chi connectivity index (χ0) is 12.1. The maximum atomic E-state index is 3.56. The molecule has 0 bridgehead atoms. The second-order valence-corrected chi connectivity index (χ2v) is 5.21. The Bertz CT molecular complexity index is 325. The van der Waals surface area contributed by atoms with E-state index in [1.54, 1.807) is 0 Å². The van der Waals surface area contributed by atoms with E-state index in [0.29, 0.717) is 6.04 Å². The molecule has 1 aromatic carbocycles. The van der Waals surface area contributed by atoms with Crippen molar-refractivity contribution in [1.29, 1.82) is 0 Å². The number of likely N-dealkylation sites (tertiary alicyclic amines) is 1. The van der Waals surface area contributed by atoms with Crippen LogP contribution in [0.3, 0.4) is 0 Å². The Morgan fingerprint density at radius 2 is 1.82 bits per heavy atom. The quantitative estimate of drug-likeness (QED) is 0.839. The van der Waals surface area contributed by atoms with Gasteiger partial charge in [0.1, 0.15) is 0 Å². The number of nitrogens with one attached hydrogen (secondary N) is 1. The molecule has 0 aliphatic carbocycles. The second-order valence-electron chi connectivity index (χ2n) is 5.21. The van der Waals surface area contributed by atoms with Gasteiger partial charge >= 0.3 is 0 Å². The topological polar surface area (TPSA) is 15.3 Å². The predicted octanol–water partition coefficient (Wildman–Crippen LogP) is 2.57. The molecule has 2 heteroatoms. The summed E-state index contributed by atoms with van der Waals surface area (Å²) in [6.07, 6.45) is 2.75. The van der Waals surface area contributed by atoms with Gasteiger partial charge in [-0.05, 0) is 45.3 Å². The van der Waals surface area contributed by atoms with Gasteiger partial charge in [-0.2, -0.15) is 0 Å². The van der Waals surface area contributed by atoms with Crippen LogP contribution in [0.2, 0.25) is 0 Å². The highest BCUT2D eigenvalue weighted by Crippen LogP contribution is 2.11. The number of benzene rings is 1. The van der Waals surface area contributed by atoms with Gasteiger partial charge in [0, 0.05) is 19.1 Å². The third-order valence-electron chi connectivity index (χ3n) is 3.65. The lowest BCUT2D eigenvalue weighted by Crippen LogP contribution is -2.38. The molecule has 0 amide bonds. The molecule has 17 heavy (non-hydrogen) atoms. The van der Waals surface area contributed by atoms with Crippen LogP contribution in [0.4, 0.5) is 0 Å². The first kappa shape index (κ1) is 12.6. The zero-order valence-corrected chi connectivity index (χ0v) is 11.1. The molecular weight excluding hydrogens is 208 g/mol. The van der Waals surface area contributed by atoms with Gasteiger partial charge in [-0.1, -0.05) is 29.8 Å². The standard InChI is InChI=1S/C15H24N2/c1-13-5-7-15(8-6-13)12-16-11-14(2)17-9-3-4-10-17/h5-8,14,16H,3-4,9-12H2,1-2H3. The van der Waals surface area contributed by atoms with Crippen LogP contribution < -0.4 is 5.32 Å². The summed E-state index contributed by atoms with van der Waals surface area (Å²) in [7, 11) is 0. The molecule has 0 spiro atoms. The minimum absolute atomic E-state index is 0.669. The average molecular weight is 232 g/mol.